The molecule has 1 saturated carbocycles. The van der Waals surface area contributed by atoms with E-state index in [1.54, 1.807) is 19.1 Å². The molecule has 8 heteroatoms. The van der Waals surface area contributed by atoms with Gasteiger partial charge in [-0.25, -0.2) is 0 Å². The number of carbonyl (C=O) groups is 3. The summed E-state index contributed by atoms with van der Waals surface area (Å²) in [5.41, 5.74) is 4.17. The Kier molecular flexibility index (Phi) is 9.20. The van der Waals surface area contributed by atoms with Crippen LogP contribution in [0.15, 0.2) is 42.5 Å². The molecule has 1 fully saturated rings. The first-order valence-electron chi connectivity index (χ1n) is 12.0. The maximum atomic E-state index is 13.4. The van der Waals surface area contributed by atoms with Crippen molar-refractivity contribution in [1.82, 2.24) is 5.32 Å². The van der Waals surface area contributed by atoms with E-state index in [0.29, 0.717) is 11.4 Å². The Balaban J connectivity index is 1.71. The highest BCUT2D eigenvalue weighted by atomic mass is 32.2. The van der Waals surface area contributed by atoms with Gasteiger partial charge in [0, 0.05) is 28.2 Å². The van der Waals surface area contributed by atoms with Crippen LogP contribution < -0.4 is 15.5 Å². The summed E-state index contributed by atoms with van der Waals surface area (Å²) >= 11 is 0. The summed E-state index contributed by atoms with van der Waals surface area (Å²) in [6.07, 6.45) is 4.05. The Labute approximate surface area is 210 Å². The predicted molar refractivity (Wildman–Crippen MR) is 141 cm³/mol. The Morgan fingerprint density at radius 3 is 2.23 bits per heavy atom. The summed E-state index contributed by atoms with van der Waals surface area (Å²) in [5, 5.41) is 5.77. The molecule has 3 rings (SSSR count). The minimum Gasteiger partial charge on any atom is -0.352 e. The zero-order valence-electron chi connectivity index (χ0n) is 20.9. The molecule has 0 aliphatic heterocycles. The normalized spacial score (nSPS) is 15.3. The van der Waals surface area contributed by atoms with Crippen LogP contribution in [0.2, 0.25) is 0 Å². The molecule has 2 N–H and O–H groups in total. The van der Waals surface area contributed by atoms with Crippen LogP contribution in [0.1, 0.15) is 49.3 Å². The molecule has 2 atom stereocenters. The second-order valence-electron chi connectivity index (χ2n) is 9.36. The molecule has 0 heterocycles. The van der Waals surface area contributed by atoms with Crippen LogP contribution in [-0.4, -0.2) is 45.5 Å². The van der Waals surface area contributed by atoms with Gasteiger partial charge in [-0.1, -0.05) is 48.2 Å². The van der Waals surface area contributed by atoms with Crippen molar-refractivity contribution in [2.75, 3.05) is 21.7 Å². The maximum absolute atomic E-state index is 13.4. The van der Waals surface area contributed by atoms with Gasteiger partial charge in [0.2, 0.25) is 17.7 Å². The SMILES string of the molecule is Cc1ccc(NC(=O)C[S@](=O)CC(=O)N(c2ccc(C)cc2C)[C@H](C)C(=O)NC2CCCC2)cc1. The highest BCUT2D eigenvalue weighted by Gasteiger charge is 2.31. The van der Waals surface area contributed by atoms with E-state index in [0.717, 1.165) is 42.4 Å². The average Bonchev–Trinajstić information content (AvgIpc) is 3.29. The third-order valence-corrected chi connectivity index (χ3v) is 7.41. The molecule has 0 bridgehead atoms. The lowest BCUT2D eigenvalue weighted by molar-refractivity contribution is -0.125. The molecular formula is C27H35N3O4S. The molecule has 0 spiro atoms. The van der Waals surface area contributed by atoms with E-state index >= 15 is 0 Å². The summed E-state index contributed by atoms with van der Waals surface area (Å²) in [7, 11) is -1.73. The van der Waals surface area contributed by atoms with E-state index < -0.39 is 28.7 Å². The van der Waals surface area contributed by atoms with Crippen molar-refractivity contribution in [3.8, 4) is 0 Å². The largest absolute Gasteiger partial charge is 0.352 e. The summed E-state index contributed by atoms with van der Waals surface area (Å²) in [6.45, 7) is 7.48. The zero-order chi connectivity index (χ0) is 25.5. The number of anilines is 2. The van der Waals surface area contributed by atoms with Gasteiger partial charge in [-0.3, -0.25) is 23.5 Å². The van der Waals surface area contributed by atoms with Gasteiger partial charge < -0.3 is 10.6 Å². The Morgan fingerprint density at radius 1 is 0.971 bits per heavy atom. The number of nitrogens with one attached hydrogen (secondary N) is 2. The second-order valence-corrected chi connectivity index (χ2v) is 10.8. The average molecular weight is 498 g/mol. The van der Waals surface area contributed by atoms with Gasteiger partial charge in [-0.2, -0.15) is 0 Å². The van der Waals surface area contributed by atoms with E-state index in [1.165, 1.54) is 4.90 Å². The van der Waals surface area contributed by atoms with E-state index in [1.807, 2.05) is 51.1 Å². The molecular weight excluding hydrogens is 462 g/mol. The quantitative estimate of drug-likeness (QED) is 0.551. The van der Waals surface area contributed by atoms with E-state index in [4.69, 9.17) is 0 Å². The smallest absolute Gasteiger partial charge is 0.243 e. The second kappa shape index (κ2) is 12.1. The van der Waals surface area contributed by atoms with Crippen molar-refractivity contribution >= 4 is 39.9 Å². The summed E-state index contributed by atoms with van der Waals surface area (Å²) in [6, 6.07) is 12.3. The fourth-order valence-corrected chi connectivity index (χ4v) is 5.26. The van der Waals surface area contributed by atoms with Crippen LogP contribution >= 0.6 is 0 Å². The van der Waals surface area contributed by atoms with Gasteiger partial charge in [-0.15, -0.1) is 0 Å². The summed E-state index contributed by atoms with van der Waals surface area (Å²) in [5.74, 6) is -1.76. The Hall–Kier alpha value is -3.00. The van der Waals surface area contributed by atoms with Crippen LogP contribution in [0.4, 0.5) is 11.4 Å². The van der Waals surface area contributed by atoms with E-state index in [-0.39, 0.29) is 23.5 Å². The lowest BCUT2D eigenvalue weighted by Gasteiger charge is -2.31. The van der Waals surface area contributed by atoms with Crippen molar-refractivity contribution in [3.63, 3.8) is 0 Å². The molecule has 1 aliphatic rings. The molecule has 3 amide bonds. The number of nitrogens with zero attached hydrogens (tertiary/aromatic N) is 1. The molecule has 1 aliphatic carbocycles. The predicted octanol–water partition coefficient (Wildman–Crippen LogP) is 3.78. The van der Waals surface area contributed by atoms with Gasteiger partial charge in [0.25, 0.3) is 0 Å². The lowest BCUT2D eigenvalue weighted by atomic mass is 10.1. The van der Waals surface area contributed by atoms with Crippen LogP contribution in [0, 0.1) is 20.8 Å². The number of rotatable bonds is 9. The molecule has 0 unspecified atom stereocenters. The van der Waals surface area contributed by atoms with Crippen LogP contribution in [0.25, 0.3) is 0 Å². The maximum Gasteiger partial charge on any atom is 0.243 e. The van der Waals surface area contributed by atoms with Crippen molar-refractivity contribution in [2.45, 2.75) is 65.5 Å². The van der Waals surface area contributed by atoms with Gasteiger partial charge >= 0.3 is 0 Å². The number of aryl methyl sites for hydroxylation is 3. The lowest BCUT2D eigenvalue weighted by Crippen LogP contribution is -2.51. The van der Waals surface area contributed by atoms with Gasteiger partial charge in [0.05, 0.1) is 0 Å². The first-order chi connectivity index (χ1) is 16.6. The van der Waals surface area contributed by atoms with E-state index in [2.05, 4.69) is 10.6 Å². The van der Waals surface area contributed by atoms with Gasteiger partial charge in [0.15, 0.2) is 0 Å². The molecule has 0 aromatic heterocycles. The molecule has 0 radical (unpaired) electrons. The minimum atomic E-state index is -1.73. The van der Waals surface area contributed by atoms with Crippen molar-refractivity contribution in [2.24, 2.45) is 0 Å². The first-order valence-corrected chi connectivity index (χ1v) is 13.5. The van der Waals surface area contributed by atoms with Crippen molar-refractivity contribution in [3.05, 3.63) is 59.2 Å². The highest BCUT2D eigenvalue weighted by molar-refractivity contribution is 7.86. The molecule has 7 nitrogen and oxygen atoms in total. The zero-order valence-corrected chi connectivity index (χ0v) is 21.7. The molecule has 188 valence electrons. The third-order valence-electron chi connectivity index (χ3n) is 6.26. The number of hydrogen-bond donors (Lipinski definition) is 2. The third kappa shape index (κ3) is 7.49. The number of hydrogen-bond acceptors (Lipinski definition) is 4. The standard InChI is InChI=1S/C27H35N3O4S/c1-18-9-12-23(13-10-18)28-25(31)16-35(34)17-26(32)30(24-14-11-19(2)15-20(24)3)21(4)27(33)29-22-7-5-6-8-22/h9-15,21-22H,5-8,16-17H2,1-4H3,(H,28,31)(H,29,33)/t21-,35+/m1/s1. The molecule has 0 saturated heterocycles. The number of benzene rings is 2. The fourth-order valence-electron chi connectivity index (χ4n) is 4.38. The van der Waals surface area contributed by atoms with Gasteiger partial charge in [0.1, 0.15) is 17.5 Å². The molecule has 2 aromatic carbocycles. The van der Waals surface area contributed by atoms with Crippen molar-refractivity contribution < 1.29 is 18.6 Å². The van der Waals surface area contributed by atoms with E-state index in [9.17, 15) is 18.6 Å². The molecule has 2 aromatic rings. The Bertz CT molecular complexity index is 1090. The monoisotopic (exact) mass is 497 g/mol. The van der Waals surface area contributed by atoms with Gasteiger partial charge in [-0.05, 0) is 64.3 Å². The van der Waals surface area contributed by atoms with Crippen LogP contribution in [0.5, 0.6) is 0 Å². The number of amides is 3. The van der Waals surface area contributed by atoms with Crippen LogP contribution in [0.3, 0.4) is 0 Å². The minimum absolute atomic E-state index is 0.126. The van der Waals surface area contributed by atoms with Crippen LogP contribution in [-0.2, 0) is 25.2 Å². The van der Waals surface area contributed by atoms with Crippen molar-refractivity contribution in [1.29, 1.82) is 0 Å². The Morgan fingerprint density at radius 2 is 1.60 bits per heavy atom. The first kappa shape index (κ1) is 26.6. The fraction of sp³-hybridized carbons (Fsp3) is 0.444. The highest BCUT2D eigenvalue weighted by Crippen LogP contribution is 2.25. The number of carbonyl (C=O) groups excluding carboxylic acids is 3. The molecule has 35 heavy (non-hydrogen) atoms. The topological polar surface area (TPSA) is 95.6 Å². The summed E-state index contributed by atoms with van der Waals surface area (Å²) in [4.78, 5) is 40.2. The summed E-state index contributed by atoms with van der Waals surface area (Å²) < 4.78 is 12.8.